The molecule has 0 aliphatic carbocycles. The Morgan fingerprint density at radius 2 is 0.966 bits per heavy atom. The highest BCUT2D eigenvalue weighted by Gasteiger charge is 2.18. The Morgan fingerprint density at radius 1 is 0.586 bits per heavy atom. The minimum atomic E-state index is -4.45. The van der Waals surface area contributed by atoms with Crippen molar-refractivity contribution < 1.29 is 25.9 Å². The predicted molar refractivity (Wildman–Crippen MR) is 110 cm³/mol. The Kier molecular flexibility index (Phi) is 4.66. The molecule has 148 valence electrons. The van der Waals surface area contributed by atoms with Crippen LogP contribution in [0.4, 0.5) is 0 Å². The molecule has 0 radical (unpaired) electrons. The van der Waals surface area contributed by atoms with Crippen LogP contribution in [0.3, 0.4) is 0 Å². The zero-order chi connectivity index (χ0) is 20.8. The molecule has 0 spiro atoms. The lowest BCUT2D eigenvalue weighted by Crippen LogP contribution is -2.03. The van der Waals surface area contributed by atoms with Gasteiger partial charge in [-0.15, -0.1) is 0 Å². The van der Waals surface area contributed by atoms with E-state index in [4.69, 9.17) is 0 Å². The van der Waals surface area contributed by atoms with Gasteiger partial charge in [0.25, 0.3) is 20.2 Å². The van der Waals surface area contributed by atoms with Gasteiger partial charge in [0.2, 0.25) is 0 Å². The molecule has 0 atom stereocenters. The Labute approximate surface area is 167 Å². The smallest absolute Gasteiger partial charge is 0.282 e. The fourth-order valence-corrected chi connectivity index (χ4v) is 5.06. The summed E-state index contributed by atoms with van der Waals surface area (Å²) in [6.07, 6.45) is 0.209. The van der Waals surface area contributed by atoms with Crippen molar-refractivity contribution in [3.05, 3.63) is 83.9 Å². The van der Waals surface area contributed by atoms with E-state index in [1.807, 2.05) is 0 Å². The van der Waals surface area contributed by atoms with Crippen molar-refractivity contribution in [2.75, 3.05) is 0 Å². The second-order valence-corrected chi connectivity index (χ2v) is 9.54. The third kappa shape index (κ3) is 3.88. The van der Waals surface area contributed by atoms with Crippen LogP contribution in [0.1, 0.15) is 11.1 Å². The van der Waals surface area contributed by atoms with Crippen molar-refractivity contribution in [1.82, 2.24) is 0 Å². The van der Waals surface area contributed by atoms with E-state index in [9.17, 15) is 25.9 Å². The summed E-state index contributed by atoms with van der Waals surface area (Å²) in [4.78, 5) is -0.414. The van der Waals surface area contributed by atoms with Gasteiger partial charge in [0.1, 0.15) is 9.79 Å². The van der Waals surface area contributed by atoms with Gasteiger partial charge in [-0.05, 0) is 40.5 Å². The predicted octanol–water partition coefficient (Wildman–Crippen LogP) is 4.08. The lowest BCUT2D eigenvalue weighted by molar-refractivity contribution is 0.482. The molecule has 0 aliphatic heterocycles. The van der Waals surface area contributed by atoms with Crippen molar-refractivity contribution in [1.29, 1.82) is 0 Å². The standard InChI is InChI=1S/C21H16O6S2/c22-28(23,24)20-12-14(10-16-5-1-3-7-18(16)20)9-15-11-17-6-2-4-8-19(17)21(13-15)29(25,26)27/h1-8,10-13H,9H2,(H,22,23,24)(H,25,26,27). The molecule has 0 fully saturated rings. The average molecular weight is 428 g/mol. The Bertz CT molecular complexity index is 1360. The van der Waals surface area contributed by atoms with E-state index in [2.05, 4.69) is 0 Å². The maximum Gasteiger partial charge on any atom is 0.295 e. The fourth-order valence-electron chi connectivity index (χ4n) is 3.54. The van der Waals surface area contributed by atoms with Crippen LogP contribution in [0, 0.1) is 0 Å². The van der Waals surface area contributed by atoms with Gasteiger partial charge in [-0.1, -0.05) is 60.7 Å². The van der Waals surface area contributed by atoms with Crippen molar-refractivity contribution in [3.8, 4) is 0 Å². The van der Waals surface area contributed by atoms with Crippen LogP contribution >= 0.6 is 0 Å². The Morgan fingerprint density at radius 3 is 1.34 bits per heavy atom. The first-order chi connectivity index (χ1) is 13.6. The van der Waals surface area contributed by atoms with E-state index < -0.39 is 20.2 Å². The van der Waals surface area contributed by atoms with E-state index in [1.165, 1.54) is 12.1 Å². The highest BCUT2D eigenvalue weighted by atomic mass is 32.2. The van der Waals surface area contributed by atoms with E-state index in [0.717, 1.165) is 0 Å². The molecule has 0 unspecified atom stereocenters. The van der Waals surface area contributed by atoms with Gasteiger partial charge in [0, 0.05) is 10.8 Å². The molecule has 6 nitrogen and oxygen atoms in total. The first kappa shape index (κ1) is 19.5. The molecular formula is C21H16O6S2. The summed E-state index contributed by atoms with van der Waals surface area (Å²) in [5.74, 6) is 0. The maximum atomic E-state index is 11.9. The largest absolute Gasteiger partial charge is 0.295 e. The summed E-state index contributed by atoms with van der Waals surface area (Å²) >= 11 is 0. The van der Waals surface area contributed by atoms with Crippen LogP contribution in [0.2, 0.25) is 0 Å². The highest BCUT2D eigenvalue weighted by molar-refractivity contribution is 7.86. The summed E-state index contributed by atoms with van der Waals surface area (Å²) in [6.45, 7) is 0. The average Bonchev–Trinajstić information content (AvgIpc) is 2.65. The molecule has 8 heteroatoms. The summed E-state index contributed by atoms with van der Waals surface area (Å²) in [5, 5.41) is 2.06. The van der Waals surface area contributed by atoms with Gasteiger partial charge in [-0.3, -0.25) is 9.11 Å². The van der Waals surface area contributed by atoms with E-state index in [1.54, 1.807) is 60.7 Å². The van der Waals surface area contributed by atoms with Crippen LogP contribution < -0.4 is 0 Å². The molecule has 0 saturated carbocycles. The quantitative estimate of drug-likeness (QED) is 0.474. The Hall–Kier alpha value is -2.78. The summed E-state index contributed by atoms with van der Waals surface area (Å²) < 4.78 is 66.7. The number of benzene rings is 4. The molecule has 2 N–H and O–H groups in total. The number of fused-ring (bicyclic) bond motifs is 2. The third-order valence-electron chi connectivity index (χ3n) is 4.73. The number of hydrogen-bond donors (Lipinski definition) is 2. The summed E-state index contributed by atoms with van der Waals surface area (Å²) in [7, 11) is -8.89. The van der Waals surface area contributed by atoms with Gasteiger partial charge >= 0.3 is 0 Å². The molecule has 0 saturated heterocycles. The van der Waals surface area contributed by atoms with Crippen LogP contribution in [-0.4, -0.2) is 25.9 Å². The van der Waals surface area contributed by atoms with Gasteiger partial charge < -0.3 is 0 Å². The molecule has 0 aliphatic rings. The SMILES string of the molecule is O=S(=O)(O)c1cc(Cc2cc(S(=O)(=O)O)c3ccccc3c2)cc2ccccc12. The molecule has 0 aromatic heterocycles. The highest BCUT2D eigenvalue weighted by Crippen LogP contribution is 2.29. The monoisotopic (exact) mass is 428 g/mol. The molecule has 29 heavy (non-hydrogen) atoms. The zero-order valence-electron chi connectivity index (χ0n) is 15.0. The molecule has 0 bridgehead atoms. The van der Waals surface area contributed by atoms with Crippen LogP contribution in [0.5, 0.6) is 0 Å². The lowest BCUT2D eigenvalue weighted by Gasteiger charge is -2.11. The van der Waals surface area contributed by atoms with E-state index in [0.29, 0.717) is 32.7 Å². The van der Waals surface area contributed by atoms with Gasteiger partial charge in [-0.2, -0.15) is 16.8 Å². The Balaban J connectivity index is 1.91. The minimum absolute atomic E-state index is 0.207. The second-order valence-electron chi connectivity index (χ2n) is 6.76. The topological polar surface area (TPSA) is 109 Å². The van der Waals surface area contributed by atoms with E-state index >= 15 is 0 Å². The fraction of sp³-hybridized carbons (Fsp3) is 0.0476. The van der Waals surface area contributed by atoms with E-state index in [-0.39, 0.29) is 16.2 Å². The second kappa shape index (κ2) is 6.93. The van der Waals surface area contributed by atoms with Crippen molar-refractivity contribution in [2.24, 2.45) is 0 Å². The molecular weight excluding hydrogens is 412 g/mol. The van der Waals surface area contributed by atoms with Crippen LogP contribution in [0.15, 0.2) is 82.6 Å². The molecule has 4 aromatic rings. The van der Waals surface area contributed by atoms with Gasteiger partial charge in [0.15, 0.2) is 0 Å². The van der Waals surface area contributed by atoms with Crippen molar-refractivity contribution in [2.45, 2.75) is 16.2 Å². The van der Waals surface area contributed by atoms with Gasteiger partial charge in [-0.25, -0.2) is 0 Å². The maximum absolute atomic E-state index is 11.9. The van der Waals surface area contributed by atoms with Gasteiger partial charge in [0.05, 0.1) is 0 Å². The zero-order valence-corrected chi connectivity index (χ0v) is 16.6. The first-order valence-electron chi connectivity index (χ1n) is 8.61. The summed E-state index contributed by atoms with van der Waals surface area (Å²) in [5.41, 5.74) is 1.15. The normalized spacial score (nSPS) is 12.5. The lowest BCUT2D eigenvalue weighted by atomic mass is 9.99. The molecule has 4 rings (SSSR count). The minimum Gasteiger partial charge on any atom is -0.282 e. The van der Waals surface area contributed by atoms with Crippen molar-refractivity contribution in [3.63, 3.8) is 0 Å². The number of rotatable bonds is 4. The number of hydrogen-bond acceptors (Lipinski definition) is 4. The third-order valence-corrected chi connectivity index (χ3v) is 6.52. The van der Waals surface area contributed by atoms with Crippen LogP contribution in [-0.2, 0) is 26.7 Å². The first-order valence-corrected chi connectivity index (χ1v) is 11.5. The summed E-state index contributed by atoms with van der Waals surface area (Å²) in [6, 6.07) is 19.9. The van der Waals surface area contributed by atoms with Crippen molar-refractivity contribution >= 4 is 41.8 Å². The van der Waals surface area contributed by atoms with Crippen LogP contribution in [0.25, 0.3) is 21.5 Å². The molecule has 0 amide bonds. The molecule has 4 aromatic carbocycles. The molecule has 0 heterocycles.